The maximum Gasteiger partial charge on any atom is 0.224 e. The predicted octanol–water partition coefficient (Wildman–Crippen LogP) is 5.39. The van der Waals surface area contributed by atoms with Crippen molar-refractivity contribution in [3.63, 3.8) is 0 Å². The lowest BCUT2D eigenvalue weighted by Crippen LogP contribution is -2.14. The van der Waals surface area contributed by atoms with Crippen molar-refractivity contribution in [3.05, 3.63) is 90.0 Å². The first kappa shape index (κ1) is 18.4. The van der Waals surface area contributed by atoms with E-state index in [2.05, 4.69) is 5.32 Å². The zero-order valence-electron chi connectivity index (χ0n) is 15.1. The number of para-hydroxylation sites is 2. The summed E-state index contributed by atoms with van der Waals surface area (Å²) < 4.78 is 5.90. The summed E-state index contributed by atoms with van der Waals surface area (Å²) in [6, 6.07) is 23.9. The highest BCUT2D eigenvalue weighted by Gasteiger charge is 2.12. The molecule has 0 unspecified atom stereocenters. The predicted molar refractivity (Wildman–Crippen MR) is 106 cm³/mol. The molecule has 0 saturated carbocycles. The topological polar surface area (TPSA) is 55.4 Å². The Labute approximate surface area is 158 Å². The number of carbonyl (C=O) groups excluding carboxylic acids is 2. The first-order chi connectivity index (χ1) is 13.1. The summed E-state index contributed by atoms with van der Waals surface area (Å²) in [5.41, 5.74) is 2.29. The molecule has 4 heteroatoms. The molecule has 0 fully saturated rings. The van der Waals surface area contributed by atoms with E-state index < -0.39 is 0 Å². The van der Waals surface area contributed by atoms with Crippen LogP contribution in [-0.2, 0) is 4.79 Å². The number of benzene rings is 3. The number of carbonyl (C=O) groups is 2. The Hall–Kier alpha value is -3.40. The molecule has 27 heavy (non-hydrogen) atoms. The van der Waals surface area contributed by atoms with Gasteiger partial charge in [-0.05, 0) is 36.8 Å². The number of ketones is 1. The Morgan fingerprint density at radius 1 is 0.852 bits per heavy atom. The second-order valence-electron chi connectivity index (χ2n) is 6.25. The molecule has 0 aromatic heterocycles. The Morgan fingerprint density at radius 3 is 2.37 bits per heavy atom. The molecule has 0 radical (unpaired) electrons. The summed E-state index contributed by atoms with van der Waals surface area (Å²) in [6.07, 6.45) is 0.281. The molecule has 0 bridgehead atoms. The number of hydrogen-bond acceptors (Lipinski definition) is 3. The number of aryl methyl sites for hydroxylation is 1. The zero-order valence-corrected chi connectivity index (χ0v) is 15.1. The van der Waals surface area contributed by atoms with Crippen molar-refractivity contribution in [2.24, 2.45) is 0 Å². The van der Waals surface area contributed by atoms with Crippen LogP contribution in [0.5, 0.6) is 11.5 Å². The van der Waals surface area contributed by atoms with Gasteiger partial charge in [-0.25, -0.2) is 0 Å². The van der Waals surface area contributed by atoms with Crippen molar-refractivity contribution < 1.29 is 14.3 Å². The van der Waals surface area contributed by atoms with E-state index in [1.54, 1.807) is 24.3 Å². The van der Waals surface area contributed by atoms with Crippen molar-refractivity contribution in [3.8, 4) is 11.5 Å². The molecule has 0 atom stereocenters. The Balaban J connectivity index is 1.62. The monoisotopic (exact) mass is 359 g/mol. The zero-order chi connectivity index (χ0) is 19.1. The van der Waals surface area contributed by atoms with Gasteiger partial charge in [0.15, 0.2) is 11.5 Å². The van der Waals surface area contributed by atoms with Crippen molar-refractivity contribution in [2.75, 3.05) is 5.32 Å². The van der Waals surface area contributed by atoms with Gasteiger partial charge in [-0.2, -0.15) is 0 Å². The van der Waals surface area contributed by atoms with Gasteiger partial charge in [0.05, 0.1) is 5.69 Å². The molecular formula is C23H21NO3. The Kier molecular flexibility index (Phi) is 6.00. The van der Waals surface area contributed by atoms with Crippen LogP contribution in [0.2, 0.25) is 0 Å². The first-order valence-corrected chi connectivity index (χ1v) is 8.83. The summed E-state index contributed by atoms with van der Waals surface area (Å²) in [6.45, 7) is 1.99. The van der Waals surface area contributed by atoms with E-state index >= 15 is 0 Å². The SMILES string of the molecule is Cc1cccc(Oc2ccccc2NC(=O)CCC(=O)c2ccccc2)c1. The second kappa shape index (κ2) is 8.81. The number of hydrogen-bond donors (Lipinski definition) is 1. The molecule has 3 rings (SSSR count). The molecule has 0 aliphatic rings. The number of ether oxygens (including phenoxy) is 1. The lowest BCUT2D eigenvalue weighted by Gasteiger charge is -2.12. The van der Waals surface area contributed by atoms with Gasteiger partial charge in [0.25, 0.3) is 0 Å². The third-order valence-corrected chi connectivity index (χ3v) is 4.05. The molecule has 3 aromatic carbocycles. The summed E-state index contributed by atoms with van der Waals surface area (Å²) in [5, 5.41) is 2.84. The third-order valence-electron chi connectivity index (χ3n) is 4.05. The number of Topliss-reactive ketones (excluding diaryl/α,β-unsaturated/α-hetero) is 1. The minimum Gasteiger partial charge on any atom is -0.455 e. The van der Waals surface area contributed by atoms with Crippen LogP contribution in [0.4, 0.5) is 5.69 Å². The average Bonchev–Trinajstić information content (AvgIpc) is 2.68. The molecule has 1 amide bonds. The molecule has 136 valence electrons. The number of anilines is 1. The molecule has 0 spiro atoms. The molecule has 1 N–H and O–H groups in total. The fourth-order valence-electron chi connectivity index (χ4n) is 2.67. The molecule has 4 nitrogen and oxygen atoms in total. The van der Waals surface area contributed by atoms with Crippen molar-refractivity contribution in [1.29, 1.82) is 0 Å². The van der Waals surface area contributed by atoms with E-state index in [1.165, 1.54) is 0 Å². The van der Waals surface area contributed by atoms with Crippen molar-refractivity contribution in [2.45, 2.75) is 19.8 Å². The smallest absolute Gasteiger partial charge is 0.224 e. The lowest BCUT2D eigenvalue weighted by molar-refractivity contribution is -0.116. The first-order valence-electron chi connectivity index (χ1n) is 8.83. The van der Waals surface area contributed by atoms with Gasteiger partial charge in [-0.15, -0.1) is 0 Å². The molecular weight excluding hydrogens is 338 g/mol. The van der Waals surface area contributed by atoms with E-state index in [1.807, 2.05) is 61.5 Å². The lowest BCUT2D eigenvalue weighted by atomic mass is 10.1. The van der Waals surface area contributed by atoms with Crippen LogP contribution in [0.1, 0.15) is 28.8 Å². The summed E-state index contributed by atoms with van der Waals surface area (Å²) in [4.78, 5) is 24.4. The van der Waals surface area contributed by atoms with Crippen molar-refractivity contribution in [1.82, 2.24) is 0 Å². The molecule has 0 saturated heterocycles. The normalized spacial score (nSPS) is 10.3. The number of nitrogens with one attached hydrogen (secondary N) is 1. The third kappa shape index (κ3) is 5.28. The summed E-state index contributed by atoms with van der Waals surface area (Å²) in [5.74, 6) is 0.997. The van der Waals surface area contributed by atoms with Gasteiger partial charge < -0.3 is 10.1 Å². The molecule has 0 aliphatic heterocycles. The van der Waals surface area contributed by atoms with Crippen LogP contribution < -0.4 is 10.1 Å². The molecule has 0 heterocycles. The van der Waals surface area contributed by atoms with Crippen LogP contribution in [0.15, 0.2) is 78.9 Å². The maximum absolute atomic E-state index is 12.3. The van der Waals surface area contributed by atoms with Gasteiger partial charge in [0.2, 0.25) is 5.91 Å². The quantitative estimate of drug-likeness (QED) is 0.576. The minimum absolute atomic E-state index is 0.0463. The van der Waals surface area contributed by atoms with Gasteiger partial charge in [-0.1, -0.05) is 54.6 Å². The van der Waals surface area contributed by atoms with E-state index in [0.717, 1.165) is 5.56 Å². The number of amides is 1. The molecule has 0 aliphatic carbocycles. The summed E-state index contributed by atoms with van der Waals surface area (Å²) in [7, 11) is 0. The van der Waals surface area contributed by atoms with Gasteiger partial charge in [-0.3, -0.25) is 9.59 Å². The summed E-state index contributed by atoms with van der Waals surface area (Å²) >= 11 is 0. The van der Waals surface area contributed by atoms with Crippen LogP contribution >= 0.6 is 0 Å². The van der Waals surface area contributed by atoms with Gasteiger partial charge in [0, 0.05) is 18.4 Å². The fraction of sp³-hybridized carbons (Fsp3) is 0.130. The number of rotatable bonds is 7. The van der Waals surface area contributed by atoms with Gasteiger partial charge >= 0.3 is 0 Å². The van der Waals surface area contributed by atoms with Crippen LogP contribution in [0.25, 0.3) is 0 Å². The maximum atomic E-state index is 12.3. The Morgan fingerprint density at radius 2 is 1.59 bits per heavy atom. The Bertz CT molecular complexity index is 935. The van der Waals surface area contributed by atoms with Crippen molar-refractivity contribution >= 4 is 17.4 Å². The largest absolute Gasteiger partial charge is 0.455 e. The average molecular weight is 359 g/mol. The van der Waals surface area contributed by atoms with E-state index in [9.17, 15) is 9.59 Å². The standard InChI is InChI=1S/C23H21NO3/c1-17-8-7-11-19(16-17)27-22-13-6-5-12-20(22)24-23(26)15-14-21(25)18-9-3-2-4-10-18/h2-13,16H,14-15H2,1H3,(H,24,26). The second-order valence-corrected chi connectivity index (χ2v) is 6.25. The van der Waals surface area contributed by atoms with Gasteiger partial charge in [0.1, 0.15) is 5.75 Å². The van der Waals surface area contributed by atoms with Crippen LogP contribution in [-0.4, -0.2) is 11.7 Å². The highest BCUT2D eigenvalue weighted by molar-refractivity contribution is 6.00. The fourth-order valence-corrected chi connectivity index (χ4v) is 2.67. The van der Waals surface area contributed by atoms with E-state index in [4.69, 9.17) is 4.74 Å². The van der Waals surface area contributed by atoms with Crippen LogP contribution in [0.3, 0.4) is 0 Å². The van der Waals surface area contributed by atoms with Crippen LogP contribution in [0, 0.1) is 6.92 Å². The molecule has 3 aromatic rings. The highest BCUT2D eigenvalue weighted by atomic mass is 16.5. The minimum atomic E-state index is -0.223. The van der Waals surface area contributed by atoms with E-state index in [0.29, 0.717) is 22.7 Å². The highest BCUT2D eigenvalue weighted by Crippen LogP contribution is 2.29. The van der Waals surface area contributed by atoms with E-state index in [-0.39, 0.29) is 24.5 Å².